The lowest BCUT2D eigenvalue weighted by Gasteiger charge is -2.36. The first-order valence-corrected chi connectivity index (χ1v) is 7.45. The predicted octanol–water partition coefficient (Wildman–Crippen LogP) is 2.60. The van der Waals surface area contributed by atoms with E-state index >= 15 is 0 Å². The molecule has 1 heterocycles. The number of nitrogens with two attached hydrogens (primary N) is 1. The fourth-order valence-electron chi connectivity index (χ4n) is 2.67. The number of ether oxygens (including phenoxy) is 1. The highest BCUT2D eigenvalue weighted by Crippen LogP contribution is 2.29. The molecule has 0 aromatic heterocycles. The predicted molar refractivity (Wildman–Crippen MR) is 85.7 cm³/mol. The minimum Gasteiger partial charge on any atom is -0.456 e. The van der Waals surface area contributed by atoms with Crippen LogP contribution >= 0.6 is 0 Å². The molecule has 1 aliphatic rings. The van der Waals surface area contributed by atoms with Gasteiger partial charge in [-0.2, -0.15) is 0 Å². The van der Waals surface area contributed by atoms with Crippen LogP contribution in [0.3, 0.4) is 0 Å². The van der Waals surface area contributed by atoms with Crippen molar-refractivity contribution in [1.82, 2.24) is 5.32 Å². The summed E-state index contributed by atoms with van der Waals surface area (Å²) in [5.41, 5.74) is 6.84. The van der Waals surface area contributed by atoms with Gasteiger partial charge >= 0.3 is 5.97 Å². The molecular formula is C17H24N2O2. The second kappa shape index (κ2) is 6.76. The zero-order chi connectivity index (χ0) is 15.3. The molecule has 1 aromatic rings. The van der Waals surface area contributed by atoms with Gasteiger partial charge in [-0.1, -0.05) is 12.1 Å². The number of carbonyl (C=O) groups excluding carboxylic acids is 1. The van der Waals surface area contributed by atoms with Crippen LogP contribution in [0.4, 0.5) is 5.69 Å². The summed E-state index contributed by atoms with van der Waals surface area (Å²) in [7, 11) is 0. The first-order chi connectivity index (χ1) is 9.97. The second-order valence-corrected chi connectivity index (χ2v) is 6.05. The lowest BCUT2D eigenvalue weighted by atomic mass is 9.83. The molecule has 1 fully saturated rings. The van der Waals surface area contributed by atoms with Gasteiger partial charge in [0, 0.05) is 17.7 Å². The van der Waals surface area contributed by atoms with Crippen molar-refractivity contribution in [3.63, 3.8) is 0 Å². The highest BCUT2D eigenvalue weighted by molar-refractivity contribution is 5.87. The van der Waals surface area contributed by atoms with Crippen LogP contribution in [-0.4, -0.2) is 24.7 Å². The Bertz CT molecular complexity index is 500. The number of carbonyl (C=O) groups is 1. The monoisotopic (exact) mass is 288 g/mol. The van der Waals surface area contributed by atoms with Crippen molar-refractivity contribution < 1.29 is 9.53 Å². The van der Waals surface area contributed by atoms with Crippen molar-refractivity contribution in [2.24, 2.45) is 5.92 Å². The molecule has 4 heteroatoms. The Morgan fingerprint density at radius 2 is 1.90 bits per heavy atom. The molecule has 0 bridgehead atoms. The number of hydrogen-bond acceptors (Lipinski definition) is 4. The Labute approximate surface area is 126 Å². The number of esters is 1. The van der Waals surface area contributed by atoms with Crippen LogP contribution < -0.4 is 11.1 Å². The molecule has 0 saturated carbocycles. The summed E-state index contributed by atoms with van der Waals surface area (Å²) in [6.07, 6.45) is 5.32. The number of nitrogen functional groups attached to an aromatic ring is 1. The Kier molecular flexibility index (Phi) is 5.02. The van der Waals surface area contributed by atoms with Gasteiger partial charge in [0.2, 0.25) is 0 Å². The van der Waals surface area contributed by atoms with Crippen LogP contribution in [0.2, 0.25) is 0 Å². The summed E-state index contributed by atoms with van der Waals surface area (Å²) in [5, 5.41) is 3.33. The summed E-state index contributed by atoms with van der Waals surface area (Å²) in [5.74, 6) is 0.114. The number of benzene rings is 1. The summed E-state index contributed by atoms with van der Waals surface area (Å²) in [4.78, 5) is 12.0. The molecule has 1 saturated heterocycles. The van der Waals surface area contributed by atoms with Gasteiger partial charge in [0.25, 0.3) is 0 Å². The normalized spacial score (nSPS) is 17.0. The number of hydrogen-bond donors (Lipinski definition) is 2. The lowest BCUT2D eigenvalue weighted by Crippen LogP contribution is -2.42. The van der Waals surface area contributed by atoms with Crippen molar-refractivity contribution in [1.29, 1.82) is 0 Å². The molecule has 0 atom stereocenters. The maximum atomic E-state index is 12.0. The van der Waals surface area contributed by atoms with E-state index in [0.29, 0.717) is 11.6 Å². The third-order valence-corrected chi connectivity index (χ3v) is 4.03. The van der Waals surface area contributed by atoms with Crippen molar-refractivity contribution in [3.8, 4) is 0 Å². The number of rotatable bonds is 4. The first kappa shape index (κ1) is 15.6. The van der Waals surface area contributed by atoms with Crippen molar-refractivity contribution in [3.05, 3.63) is 35.9 Å². The highest BCUT2D eigenvalue weighted by Gasteiger charge is 2.33. The molecule has 0 radical (unpaired) electrons. The summed E-state index contributed by atoms with van der Waals surface area (Å²) < 4.78 is 5.64. The van der Waals surface area contributed by atoms with Crippen LogP contribution in [0.5, 0.6) is 0 Å². The van der Waals surface area contributed by atoms with Crippen LogP contribution in [0.1, 0.15) is 32.3 Å². The fraction of sp³-hybridized carbons (Fsp3) is 0.471. The largest absolute Gasteiger partial charge is 0.456 e. The lowest BCUT2D eigenvalue weighted by molar-refractivity contribution is -0.156. The van der Waals surface area contributed by atoms with E-state index in [9.17, 15) is 4.79 Å². The molecule has 1 aromatic carbocycles. The zero-order valence-corrected chi connectivity index (χ0v) is 12.8. The van der Waals surface area contributed by atoms with E-state index in [1.54, 1.807) is 6.08 Å². The standard InChI is InChI=1S/C17H24N2O2/c1-17(2,14-9-11-19-12-10-14)21-16(20)8-5-13-3-6-15(18)7-4-13/h3-8,14,19H,9-12,18H2,1-2H3/b8-5+. The maximum Gasteiger partial charge on any atom is 0.331 e. The average molecular weight is 288 g/mol. The van der Waals surface area contributed by atoms with Gasteiger partial charge in [0.1, 0.15) is 5.60 Å². The minimum atomic E-state index is -0.426. The first-order valence-electron chi connectivity index (χ1n) is 7.45. The van der Waals surface area contributed by atoms with Gasteiger partial charge in [0.15, 0.2) is 0 Å². The number of piperidine rings is 1. The van der Waals surface area contributed by atoms with Crippen LogP contribution in [0, 0.1) is 5.92 Å². The van der Waals surface area contributed by atoms with E-state index in [1.165, 1.54) is 6.08 Å². The SMILES string of the molecule is CC(C)(OC(=O)/C=C/c1ccc(N)cc1)C1CCNCC1. The van der Waals surface area contributed by atoms with Crippen molar-refractivity contribution in [2.75, 3.05) is 18.8 Å². The van der Waals surface area contributed by atoms with Gasteiger partial charge < -0.3 is 15.8 Å². The summed E-state index contributed by atoms with van der Waals surface area (Å²) in [6.45, 7) is 5.98. The van der Waals surface area contributed by atoms with Gasteiger partial charge in [0.05, 0.1) is 0 Å². The molecule has 2 rings (SSSR count). The van der Waals surface area contributed by atoms with E-state index in [4.69, 9.17) is 10.5 Å². The smallest absolute Gasteiger partial charge is 0.331 e. The van der Waals surface area contributed by atoms with E-state index in [0.717, 1.165) is 31.5 Å². The van der Waals surface area contributed by atoms with Gasteiger partial charge in [-0.05, 0) is 63.6 Å². The van der Waals surface area contributed by atoms with Crippen LogP contribution in [0.15, 0.2) is 30.3 Å². The zero-order valence-electron chi connectivity index (χ0n) is 12.8. The summed E-state index contributed by atoms with van der Waals surface area (Å²) in [6, 6.07) is 7.36. The van der Waals surface area contributed by atoms with Crippen LogP contribution in [0.25, 0.3) is 6.08 Å². The molecule has 0 spiro atoms. The molecule has 114 valence electrons. The van der Waals surface area contributed by atoms with Gasteiger partial charge in [-0.3, -0.25) is 0 Å². The molecule has 1 aliphatic heterocycles. The number of anilines is 1. The maximum absolute atomic E-state index is 12.0. The Morgan fingerprint density at radius 3 is 2.52 bits per heavy atom. The third kappa shape index (κ3) is 4.60. The van der Waals surface area contributed by atoms with E-state index in [1.807, 2.05) is 38.1 Å². The summed E-state index contributed by atoms with van der Waals surface area (Å²) >= 11 is 0. The molecule has 4 nitrogen and oxygen atoms in total. The fourth-order valence-corrected chi connectivity index (χ4v) is 2.67. The van der Waals surface area contributed by atoms with Gasteiger partial charge in [-0.25, -0.2) is 4.79 Å². The molecule has 0 amide bonds. The van der Waals surface area contributed by atoms with Crippen molar-refractivity contribution in [2.45, 2.75) is 32.3 Å². The van der Waals surface area contributed by atoms with E-state index < -0.39 is 5.60 Å². The van der Waals surface area contributed by atoms with E-state index in [-0.39, 0.29) is 5.97 Å². The Morgan fingerprint density at radius 1 is 1.29 bits per heavy atom. The van der Waals surface area contributed by atoms with Gasteiger partial charge in [-0.15, -0.1) is 0 Å². The highest BCUT2D eigenvalue weighted by atomic mass is 16.6. The quantitative estimate of drug-likeness (QED) is 0.508. The third-order valence-electron chi connectivity index (χ3n) is 4.03. The molecule has 21 heavy (non-hydrogen) atoms. The second-order valence-electron chi connectivity index (χ2n) is 6.05. The van der Waals surface area contributed by atoms with E-state index in [2.05, 4.69) is 5.32 Å². The Balaban J connectivity index is 1.92. The topological polar surface area (TPSA) is 64.3 Å². The van der Waals surface area contributed by atoms with Crippen molar-refractivity contribution >= 4 is 17.7 Å². The molecule has 3 N–H and O–H groups in total. The molecule has 0 aliphatic carbocycles. The minimum absolute atomic E-state index is 0.296. The molecular weight excluding hydrogens is 264 g/mol. The van der Waals surface area contributed by atoms with Crippen LogP contribution in [-0.2, 0) is 9.53 Å². The Hall–Kier alpha value is -1.81. The number of nitrogens with one attached hydrogen (secondary N) is 1. The average Bonchev–Trinajstić information content (AvgIpc) is 2.47. The molecule has 0 unspecified atom stereocenters.